The number of ether oxygens (including phenoxy) is 2. The predicted octanol–water partition coefficient (Wildman–Crippen LogP) is 2.30. The lowest BCUT2D eigenvalue weighted by Gasteiger charge is -2.21. The van der Waals surface area contributed by atoms with Crippen LogP contribution in [-0.4, -0.2) is 42.2 Å². The minimum Gasteiger partial charge on any atom is -0.467 e. The molecule has 0 radical (unpaired) electrons. The first-order chi connectivity index (χ1) is 12.3. The lowest BCUT2D eigenvalue weighted by molar-refractivity contribution is -0.147. The molecule has 1 aromatic rings. The number of methoxy groups -OCH3 is 1. The highest BCUT2D eigenvalue weighted by Gasteiger charge is 2.30. The average molecular weight is 364 g/mol. The second-order valence-electron chi connectivity index (χ2n) is 6.92. The lowest BCUT2D eigenvalue weighted by Crippen LogP contribution is -2.47. The van der Waals surface area contributed by atoms with Gasteiger partial charge in [0.25, 0.3) is 5.91 Å². The highest BCUT2D eigenvalue weighted by molar-refractivity contribution is 5.93. The van der Waals surface area contributed by atoms with Gasteiger partial charge < -0.3 is 19.4 Å². The van der Waals surface area contributed by atoms with Gasteiger partial charge in [0.2, 0.25) is 0 Å². The molecule has 2 rings (SSSR count). The average Bonchev–Trinajstić information content (AvgIpc) is 3.41. The molecule has 26 heavy (non-hydrogen) atoms. The van der Waals surface area contributed by atoms with E-state index in [2.05, 4.69) is 9.88 Å². The number of aryl methyl sites for hydroxylation is 1. The fourth-order valence-electron chi connectivity index (χ4n) is 3.10. The Morgan fingerprint density at radius 1 is 1.31 bits per heavy atom. The van der Waals surface area contributed by atoms with E-state index in [1.165, 1.54) is 7.11 Å². The monoisotopic (exact) mass is 364 g/mol. The molecule has 0 aliphatic heterocycles. The number of aromatic nitrogens is 1. The second kappa shape index (κ2) is 8.38. The summed E-state index contributed by atoms with van der Waals surface area (Å²) in [6.07, 6.45) is 2.95. The van der Waals surface area contributed by atoms with Crippen molar-refractivity contribution in [2.75, 3.05) is 13.7 Å². The van der Waals surface area contributed by atoms with Gasteiger partial charge in [0.15, 0.2) is 6.61 Å². The molecule has 0 bridgehead atoms. The van der Waals surface area contributed by atoms with Crippen LogP contribution in [0, 0.1) is 19.8 Å². The van der Waals surface area contributed by atoms with E-state index in [-0.39, 0.29) is 5.92 Å². The van der Waals surface area contributed by atoms with E-state index in [1.54, 1.807) is 6.07 Å². The normalized spacial score (nSPS) is 15.9. The molecule has 0 spiro atoms. The molecule has 1 heterocycles. The van der Waals surface area contributed by atoms with Gasteiger partial charge in [-0.25, -0.2) is 9.59 Å². The van der Waals surface area contributed by atoms with Gasteiger partial charge in [-0.2, -0.15) is 0 Å². The number of nitrogens with zero attached hydrogens (tertiary/aromatic N) is 1. The van der Waals surface area contributed by atoms with Gasteiger partial charge in [0.05, 0.1) is 12.7 Å². The van der Waals surface area contributed by atoms with E-state index in [4.69, 9.17) is 9.47 Å². The van der Waals surface area contributed by atoms with Crippen molar-refractivity contribution >= 4 is 17.8 Å². The molecule has 0 aromatic carbocycles. The molecular formula is C19H28N2O5. The predicted molar refractivity (Wildman–Crippen MR) is 95.9 cm³/mol. The summed E-state index contributed by atoms with van der Waals surface area (Å²) in [6.45, 7) is 7.18. The van der Waals surface area contributed by atoms with Crippen LogP contribution in [0.3, 0.4) is 0 Å². The van der Waals surface area contributed by atoms with Crippen molar-refractivity contribution in [3.8, 4) is 0 Å². The van der Waals surface area contributed by atoms with E-state index in [0.717, 1.165) is 24.2 Å². The second-order valence-corrected chi connectivity index (χ2v) is 6.92. The summed E-state index contributed by atoms with van der Waals surface area (Å²) in [5, 5.41) is 2.59. The number of hydrogen-bond donors (Lipinski definition) is 1. The summed E-state index contributed by atoms with van der Waals surface area (Å²) in [4.78, 5) is 36.3. The van der Waals surface area contributed by atoms with E-state index in [1.807, 2.05) is 27.7 Å². The first-order valence-corrected chi connectivity index (χ1v) is 9.02. The van der Waals surface area contributed by atoms with E-state index < -0.39 is 30.5 Å². The molecule has 7 heteroatoms. The molecule has 1 aliphatic carbocycles. The van der Waals surface area contributed by atoms with E-state index >= 15 is 0 Å². The summed E-state index contributed by atoms with van der Waals surface area (Å²) < 4.78 is 12.0. The van der Waals surface area contributed by atoms with Crippen LogP contribution in [0.2, 0.25) is 0 Å². The number of rotatable bonds is 8. The fraction of sp³-hybridized carbons (Fsp3) is 0.632. The largest absolute Gasteiger partial charge is 0.467 e. The molecule has 1 N–H and O–H groups in total. The zero-order valence-corrected chi connectivity index (χ0v) is 16.1. The van der Waals surface area contributed by atoms with Crippen molar-refractivity contribution < 1.29 is 23.9 Å². The quantitative estimate of drug-likeness (QED) is 0.715. The molecule has 2 atom stereocenters. The Kier molecular flexibility index (Phi) is 6.45. The van der Waals surface area contributed by atoms with Gasteiger partial charge in [-0.3, -0.25) is 4.79 Å². The summed E-state index contributed by atoms with van der Waals surface area (Å²) in [7, 11) is 1.28. The number of nitrogens with one attached hydrogen (secondary N) is 1. The van der Waals surface area contributed by atoms with E-state index in [9.17, 15) is 14.4 Å². The van der Waals surface area contributed by atoms with Crippen LogP contribution in [0.25, 0.3) is 0 Å². The maximum atomic E-state index is 12.3. The Balaban J connectivity index is 1.95. The zero-order valence-electron chi connectivity index (χ0n) is 16.1. The maximum Gasteiger partial charge on any atom is 0.340 e. The Hall–Kier alpha value is -2.31. The van der Waals surface area contributed by atoms with Crippen LogP contribution >= 0.6 is 0 Å². The van der Waals surface area contributed by atoms with Crippen LogP contribution in [0.4, 0.5) is 0 Å². The molecule has 7 nitrogen and oxygen atoms in total. The first-order valence-electron chi connectivity index (χ1n) is 9.02. The minimum atomic E-state index is -0.754. The molecule has 1 aromatic heterocycles. The van der Waals surface area contributed by atoms with Crippen LogP contribution in [-0.2, 0) is 19.1 Å². The molecule has 1 fully saturated rings. The molecular weight excluding hydrogens is 336 g/mol. The topological polar surface area (TPSA) is 86.6 Å². The van der Waals surface area contributed by atoms with Gasteiger partial charge >= 0.3 is 11.9 Å². The first kappa shape index (κ1) is 20.0. The molecule has 144 valence electrons. The number of esters is 2. The number of carbonyl (C=O) groups is 3. The Bertz CT molecular complexity index is 690. The molecule has 0 unspecified atom stereocenters. The van der Waals surface area contributed by atoms with Crippen molar-refractivity contribution in [2.45, 2.75) is 59.0 Å². The zero-order chi connectivity index (χ0) is 19.4. The molecule has 1 amide bonds. The van der Waals surface area contributed by atoms with E-state index in [0.29, 0.717) is 18.0 Å². The Morgan fingerprint density at radius 2 is 1.96 bits per heavy atom. The highest BCUT2D eigenvalue weighted by atomic mass is 16.5. The van der Waals surface area contributed by atoms with Crippen LogP contribution in [0.1, 0.15) is 60.9 Å². The molecule has 1 aliphatic rings. The van der Waals surface area contributed by atoms with Crippen LogP contribution < -0.4 is 5.32 Å². The highest BCUT2D eigenvalue weighted by Crippen LogP contribution is 2.38. The third kappa shape index (κ3) is 4.45. The van der Waals surface area contributed by atoms with Crippen molar-refractivity contribution in [1.82, 2.24) is 9.88 Å². The number of amides is 1. The third-order valence-electron chi connectivity index (χ3n) is 4.94. The van der Waals surface area contributed by atoms with Crippen LogP contribution in [0.5, 0.6) is 0 Å². The third-order valence-corrected chi connectivity index (χ3v) is 4.94. The summed E-state index contributed by atoms with van der Waals surface area (Å²) in [6, 6.07) is 1.51. The molecule has 0 saturated heterocycles. The lowest BCUT2D eigenvalue weighted by atomic mass is 9.99. The van der Waals surface area contributed by atoms with Gasteiger partial charge in [-0.05, 0) is 38.7 Å². The summed E-state index contributed by atoms with van der Waals surface area (Å²) >= 11 is 0. The summed E-state index contributed by atoms with van der Waals surface area (Å²) in [5.41, 5.74) is 2.36. The fourth-order valence-corrected chi connectivity index (χ4v) is 3.10. The summed E-state index contributed by atoms with van der Waals surface area (Å²) in [5.74, 6) is -1.64. The number of hydrogen-bond acceptors (Lipinski definition) is 5. The Labute approximate surface area is 154 Å². The standard InChI is InChI=1S/C19H28N2O5/c1-6-11(2)17(19(24)25-5)20-16(22)10-26-18(23)15-9-12(3)21(13(15)4)14-7-8-14/h9,11,14,17H,6-8,10H2,1-5H3,(H,20,22)/t11-,17-/m0/s1. The molecule has 1 saturated carbocycles. The number of carbonyl (C=O) groups excluding carboxylic acids is 3. The van der Waals surface area contributed by atoms with Gasteiger partial charge in [-0.1, -0.05) is 20.3 Å². The SMILES string of the molecule is CC[C@H](C)[C@H](NC(=O)COC(=O)c1cc(C)n(C2CC2)c1C)C(=O)OC. The van der Waals surface area contributed by atoms with Crippen molar-refractivity contribution in [1.29, 1.82) is 0 Å². The van der Waals surface area contributed by atoms with Gasteiger partial charge in [-0.15, -0.1) is 0 Å². The van der Waals surface area contributed by atoms with Crippen molar-refractivity contribution in [3.05, 3.63) is 23.0 Å². The van der Waals surface area contributed by atoms with Gasteiger partial charge in [0, 0.05) is 17.4 Å². The Morgan fingerprint density at radius 3 is 2.50 bits per heavy atom. The minimum absolute atomic E-state index is 0.0837. The smallest absolute Gasteiger partial charge is 0.340 e. The van der Waals surface area contributed by atoms with Crippen molar-refractivity contribution in [2.24, 2.45) is 5.92 Å². The maximum absolute atomic E-state index is 12.3. The van der Waals surface area contributed by atoms with Crippen LogP contribution in [0.15, 0.2) is 6.07 Å². The van der Waals surface area contributed by atoms with Gasteiger partial charge in [0.1, 0.15) is 6.04 Å². The van der Waals surface area contributed by atoms with Crippen molar-refractivity contribution in [3.63, 3.8) is 0 Å².